The van der Waals surface area contributed by atoms with E-state index in [-0.39, 0.29) is 5.82 Å². The van der Waals surface area contributed by atoms with Crippen molar-refractivity contribution in [2.45, 2.75) is 26.7 Å². The van der Waals surface area contributed by atoms with Gasteiger partial charge in [0.05, 0.1) is 5.56 Å². The molecule has 0 spiro atoms. The summed E-state index contributed by atoms with van der Waals surface area (Å²) in [6, 6.07) is 5.01. The van der Waals surface area contributed by atoms with E-state index >= 15 is 0 Å². The molecule has 1 aromatic carbocycles. The third-order valence-electron chi connectivity index (χ3n) is 2.69. The van der Waals surface area contributed by atoms with Crippen LogP contribution in [-0.4, -0.2) is 5.16 Å². The fraction of sp³-hybridized carbons (Fsp3) is 0.308. The molecular formula is C13H15FN2O. The molecule has 4 heteroatoms. The van der Waals surface area contributed by atoms with Crippen molar-refractivity contribution in [3.63, 3.8) is 0 Å². The van der Waals surface area contributed by atoms with Gasteiger partial charge in [0.25, 0.3) is 0 Å². The van der Waals surface area contributed by atoms with Crippen molar-refractivity contribution in [3.8, 4) is 11.3 Å². The lowest BCUT2D eigenvalue weighted by Crippen LogP contribution is -1.94. The van der Waals surface area contributed by atoms with E-state index in [0.29, 0.717) is 17.1 Å². The SMILES string of the molecule is CCCc1c(N)noc1-c1ccc(C)cc1F. The van der Waals surface area contributed by atoms with Crippen molar-refractivity contribution >= 4 is 5.82 Å². The smallest absolute Gasteiger partial charge is 0.175 e. The number of aryl methyl sites for hydroxylation is 1. The van der Waals surface area contributed by atoms with Gasteiger partial charge in [0.2, 0.25) is 0 Å². The molecular weight excluding hydrogens is 219 g/mol. The fourth-order valence-corrected chi connectivity index (χ4v) is 1.83. The van der Waals surface area contributed by atoms with E-state index in [9.17, 15) is 4.39 Å². The summed E-state index contributed by atoms with van der Waals surface area (Å²) in [7, 11) is 0. The maximum atomic E-state index is 13.8. The largest absolute Gasteiger partial charge is 0.381 e. The summed E-state index contributed by atoms with van der Waals surface area (Å²) in [5, 5.41) is 3.71. The first-order chi connectivity index (χ1) is 8.13. The number of aromatic nitrogens is 1. The Balaban J connectivity index is 2.52. The second-order valence-corrected chi connectivity index (χ2v) is 4.11. The lowest BCUT2D eigenvalue weighted by atomic mass is 10.0. The molecule has 0 aliphatic heterocycles. The summed E-state index contributed by atoms with van der Waals surface area (Å²) in [5.74, 6) is 0.488. The molecule has 2 N–H and O–H groups in total. The van der Waals surface area contributed by atoms with Crippen LogP contribution in [0.4, 0.5) is 10.2 Å². The molecule has 0 aliphatic carbocycles. The topological polar surface area (TPSA) is 52.0 Å². The van der Waals surface area contributed by atoms with Crippen molar-refractivity contribution in [1.29, 1.82) is 0 Å². The van der Waals surface area contributed by atoms with Gasteiger partial charge in [0, 0.05) is 5.56 Å². The molecule has 0 radical (unpaired) electrons. The number of hydrogen-bond acceptors (Lipinski definition) is 3. The molecule has 1 heterocycles. The normalized spacial score (nSPS) is 10.8. The minimum atomic E-state index is -0.307. The van der Waals surface area contributed by atoms with E-state index in [4.69, 9.17) is 10.3 Å². The van der Waals surface area contributed by atoms with Crippen LogP contribution in [0, 0.1) is 12.7 Å². The molecule has 0 unspecified atom stereocenters. The van der Waals surface area contributed by atoms with Gasteiger partial charge in [-0.2, -0.15) is 0 Å². The second kappa shape index (κ2) is 4.57. The van der Waals surface area contributed by atoms with Crippen LogP contribution in [0.2, 0.25) is 0 Å². The molecule has 0 bridgehead atoms. The highest BCUT2D eigenvalue weighted by Crippen LogP contribution is 2.31. The third-order valence-corrected chi connectivity index (χ3v) is 2.69. The Kier molecular flexibility index (Phi) is 3.13. The second-order valence-electron chi connectivity index (χ2n) is 4.11. The molecule has 0 saturated carbocycles. The third kappa shape index (κ3) is 2.16. The van der Waals surface area contributed by atoms with Crippen molar-refractivity contribution in [2.75, 3.05) is 5.73 Å². The molecule has 2 aromatic rings. The van der Waals surface area contributed by atoms with Gasteiger partial charge in [-0.15, -0.1) is 0 Å². The summed E-state index contributed by atoms with van der Waals surface area (Å²) >= 11 is 0. The van der Waals surface area contributed by atoms with E-state index in [1.807, 2.05) is 19.9 Å². The summed E-state index contributed by atoms with van der Waals surface area (Å²) in [6.07, 6.45) is 1.64. The minimum Gasteiger partial charge on any atom is -0.381 e. The van der Waals surface area contributed by atoms with Crippen LogP contribution in [0.5, 0.6) is 0 Å². The van der Waals surface area contributed by atoms with Gasteiger partial charge >= 0.3 is 0 Å². The summed E-state index contributed by atoms with van der Waals surface area (Å²) in [6.45, 7) is 3.87. The Labute approximate surface area is 99.4 Å². The van der Waals surface area contributed by atoms with Gasteiger partial charge in [-0.1, -0.05) is 24.6 Å². The van der Waals surface area contributed by atoms with Crippen molar-refractivity contribution in [1.82, 2.24) is 5.16 Å². The first kappa shape index (κ1) is 11.6. The van der Waals surface area contributed by atoms with Gasteiger partial charge in [-0.05, 0) is 31.0 Å². The zero-order chi connectivity index (χ0) is 12.4. The van der Waals surface area contributed by atoms with Crippen LogP contribution >= 0.6 is 0 Å². The van der Waals surface area contributed by atoms with E-state index in [1.165, 1.54) is 6.07 Å². The van der Waals surface area contributed by atoms with E-state index in [1.54, 1.807) is 6.07 Å². The zero-order valence-electron chi connectivity index (χ0n) is 9.96. The molecule has 90 valence electrons. The van der Waals surface area contributed by atoms with Crippen LogP contribution in [-0.2, 0) is 6.42 Å². The standard InChI is InChI=1S/C13H15FN2O/c1-3-4-10-12(17-16-13(10)15)9-6-5-8(2)7-11(9)14/h5-7H,3-4H2,1-2H3,(H2,15,16). The lowest BCUT2D eigenvalue weighted by molar-refractivity contribution is 0.432. The zero-order valence-corrected chi connectivity index (χ0v) is 9.96. The predicted molar refractivity (Wildman–Crippen MR) is 65.0 cm³/mol. The first-order valence-corrected chi connectivity index (χ1v) is 5.64. The lowest BCUT2D eigenvalue weighted by Gasteiger charge is -2.03. The number of nitrogens with two attached hydrogens (primary N) is 1. The fourth-order valence-electron chi connectivity index (χ4n) is 1.83. The number of nitrogen functional groups attached to an aromatic ring is 1. The first-order valence-electron chi connectivity index (χ1n) is 5.64. The van der Waals surface area contributed by atoms with Gasteiger partial charge in [0.1, 0.15) is 5.82 Å². The predicted octanol–water partition coefficient (Wildman–Crippen LogP) is 3.32. The molecule has 0 fully saturated rings. The van der Waals surface area contributed by atoms with Crippen molar-refractivity contribution < 1.29 is 8.91 Å². The van der Waals surface area contributed by atoms with Gasteiger partial charge in [-0.3, -0.25) is 0 Å². The maximum absolute atomic E-state index is 13.8. The summed E-state index contributed by atoms with van der Waals surface area (Å²) in [5.41, 5.74) is 7.80. The van der Waals surface area contributed by atoms with E-state index in [0.717, 1.165) is 24.0 Å². The molecule has 2 rings (SSSR count). The quantitative estimate of drug-likeness (QED) is 0.886. The Bertz CT molecular complexity index is 534. The number of halogens is 1. The molecule has 0 atom stereocenters. The highest BCUT2D eigenvalue weighted by atomic mass is 19.1. The van der Waals surface area contributed by atoms with Crippen LogP contribution in [0.15, 0.2) is 22.7 Å². The molecule has 0 aliphatic rings. The van der Waals surface area contributed by atoms with Crippen LogP contribution < -0.4 is 5.73 Å². The van der Waals surface area contributed by atoms with Gasteiger partial charge < -0.3 is 10.3 Å². The van der Waals surface area contributed by atoms with Gasteiger partial charge in [-0.25, -0.2) is 4.39 Å². The van der Waals surface area contributed by atoms with Crippen LogP contribution in [0.25, 0.3) is 11.3 Å². The van der Waals surface area contributed by atoms with E-state index in [2.05, 4.69) is 5.16 Å². The molecule has 3 nitrogen and oxygen atoms in total. The van der Waals surface area contributed by atoms with Crippen LogP contribution in [0.3, 0.4) is 0 Å². The summed E-state index contributed by atoms with van der Waals surface area (Å²) < 4.78 is 19.0. The highest BCUT2D eigenvalue weighted by molar-refractivity contribution is 5.66. The molecule has 0 amide bonds. The van der Waals surface area contributed by atoms with Crippen molar-refractivity contribution in [2.24, 2.45) is 0 Å². The number of rotatable bonds is 3. The molecule has 17 heavy (non-hydrogen) atoms. The minimum absolute atomic E-state index is 0.307. The van der Waals surface area contributed by atoms with E-state index < -0.39 is 0 Å². The monoisotopic (exact) mass is 234 g/mol. The maximum Gasteiger partial charge on any atom is 0.175 e. The number of nitrogens with zero attached hydrogens (tertiary/aromatic N) is 1. The Morgan fingerprint density at radius 3 is 2.82 bits per heavy atom. The Morgan fingerprint density at radius 1 is 1.41 bits per heavy atom. The highest BCUT2D eigenvalue weighted by Gasteiger charge is 2.17. The van der Waals surface area contributed by atoms with Gasteiger partial charge in [0.15, 0.2) is 11.6 Å². The number of hydrogen-bond donors (Lipinski definition) is 1. The average molecular weight is 234 g/mol. The van der Waals surface area contributed by atoms with Crippen molar-refractivity contribution in [3.05, 3.63) is 35.1 Å². The Morgan fingerprint density at radius 2 is 2.18 bits per heavy atom. The van der Waals surface area contributed by atoms with Crippen LogP contribution in [0.1, 0.15) is 24.5 Å². The average Bonchev–Trinajstić information content (AvgIpc) is 2.62. The number of anilines is 1. The number of benzene rings is 1. The molecule has 0 saturated heterocycles. The molecule has 1 aromatic heterocycles. The summed E-state index contributed by atoms with van der Waals surface area (Å²) in [4.78, 5) is 0. The Hall–Kier alpha value is -1.84.